The lowest BCUT2D eigenvalue weighted by molar-refractivity contribution is 0.641. The maximum absolute atomic E-state index is 2.53. The number of rotatable bonds is 6. The minimum Gasteiger partial charge on any atom is -0.311 e. The molecule has 0 spiro atoms. The van der Waals surface area contributed by atoms with Crippen molar-refractivity contribution in [3.63, 3.8) is 0 Å². The third kappa shape index (κ3) is 4.87. The van der Waals surface area contributed by atoms with Crippen LogP contribution in [0.5, 0.6) is 0 Å². The van der Waals surface area contributed by atoms with Crippen molar-refractivity contribution in [1.29, 1.82) is 0 Å². The third-order valence-corrected chi connectivity index (χ3v) is 11.5. The predicted octanol–water partition coefficient (Wildman–Crippen LogP) is 10.4. The molecule has 0 fully saturated rings. The second kappa shape index (κ2) is 11.9. The zero-order chi connectivity index (χ0) is 34.7. The summed E-state index contributed by atoms with van der Waals surface area (Å²) in [7, 11) is 0. The van der Waals surface area contributed by atoms with Crippen LogP contribution in [0.25, 0.3) is 0 Å². The molecule has 0 aliphatic carbocycles. The molecule has 0 atom stereocenters. The van der Waals surface area contributed by atoms with Crippen molar-refractivity contribution in [2.24, 2.45) is 0 Å². The highest BCUT2D eigenvalue weighted by atomic mass is 15.2. The molecule has 0 radical (unpaired) electrons. The summed E-state index contributed by atoms with van der Waals surface area (Å²) in [6, 6.07) is 64.9. The topological polar surface area (TPSA) is 6.48 Å². The Kier molecular flexibility index (Phi) is 7.29. The van der Waals surface area contributed by atoms with Gasteiger partial charge in [0.25, 0.3) is 6.71 Å². The van der Waals surface area contributed by atoms with E-state index in [2.05, 4.69) is 213 Å². The number of hydrogen-bond donors (Lipinski definition) is 0. The van der Waals surface area contributed by atoms with E-state index in [4.69, 9.17) is 0 Å². The Labute approximate surface area is 302 Å². The molecule has 0 saturated carbocycles. The van der Waals surface area contributed by atoms with Crippen molar-refractivity contribution in [2.45, 2.75) is 38.5 Å². The first-order chi connectivity index (χ1) is 24.9. The Morgan fingerprint density at radius 1 is 0.353 bits per heavy atom. The van der Waals surface area contributed by atoms with Crippen molar-refractivity contribution >= 4 is 57.2 Å². The molecule has 3 heteroatoms. The summed E-state index contributed by atoms with van der Waals surface area (Å²) in [5.41, 5.74) is 16.2. The largest absolute Gasteiger partial charge is 0.311 e. The number of anilines is 6. The molecule has 0 aromatic heterocycles. The number of nitrogens with zero attached hydrogens (tertiary/aromatic N) is 2. The van der Waals surface area contributed by atoms with Crippen molar-refractivity contribution in [1.82, 2.24) is 0 Å². The monoisotopic (exact) mass is 656 g/mol. The van der Waals surface area contributed by atoms with Crippen LogP contribution in [0, 0.1) is 0 Å². The maximum atomic E-state index is 2.53. The fraction of sp³-hybridized carbons (Fsp3) is 0.125. The molecular weight excluding hydrogens is 615 g/mol. The number of hydrogen-bond acceptors (Lipinski definition) is 2. The van der Waals surface area contributed by atoms with Crippen LogP contribution in [-0.4, -0.2) is 6.71 Å². The summed E-state index contributed by atoms with van der Waals surface area (Å²) in [4.78, 5) is 5.01. The minimum atomic E-state index is -0.216. The Morgan fingerprint density at radius 3 is 1.39 bits per heavy atom. The van der Waals surface area contributed by atoms with Crippen LogP contribution in [-0.2, 0) is 10.8 Å². The Hall–Kier alpha value is -5.80. The lowest BCUT2D eigenvalue weighted by Crippen LogP contribution is -2.61. The molecule has 246 valence electrons. The van der Waals surface area contributed by atoms with Gasteiger partial charge in [0.2, 0.25) is 0 Å². The van der Waals surface area contributed by atoms with Crippen LogP contribution in [0.3, 0.4) is 0 Å². The molecule has 2 heterocycles. The zero-order valence-corrected chi connectivity index (χ0v) is 29.7. The second-order valence-corrected chi connectivity index (χ2v) is 15.0. The molecular formula is C48H41BN2. The molecule has 0 saturated heterocycles. The fourth-order valence-electron chi connectivity index (χ4n) is 8.63. The van der Waals surface area contributed by atoms with Crippen LogP contribution in [0.1, 0.15) is 49.9 Å². The summed E-state index contributed by atoms with van der Waals surface area (Å²) < 4.78 is 0. The van der Waals surface area contributed by atoms with E-state index in [0.29, 0.717) is 0 Å². The number of fused-ring (bicyclic) bond motifs is 4. The maximum Gasteiger partial charge on any atom is 0.252 e. The van der Waals surface area contributed by atoms with Crippen molar-refractivity contribution < 1.29 is 0 Å². The van der Waals surface area contributed by atoms with E-state index < -0.39 is 0 Å². The number of benzene rings is 7. The minimum absolute atomic E-state index is 0.109. The second-order valence-electron chi connectivity index (χ2n) is 15.0. The SMILES string of the molecule is CC(C)(c1ccccc1)c1ccc(N2c3ccccc3B3c4ccccc4N(c4ccccc4C(C)(C)c4ccccc4)c4cccc2c43)cc1. The van der Waals surface area contributed by atoms with E-state index in [9.17, 15) is 0 Å². The molecule has 9 rings (SSSR count). The van der Waals surface area contributed by atoms with E-state index in [1.54, 1.807) is 0 Å². The van der Waals surface area contributed by atoms with E-state index in [-0.39, 0.29) is 17.5 Å². The molecule has 2 aliphatic heterocycles. The lowest BCUT2D eigenvalue weighted by atomic mass is 9.33. The summed E-state index contributed by atoms with van der Waals surface area (Å²) in [6.45, 7) is 9.44. The molecule has 0 bridgehead atoms. The van der Waals surface area contributed by atoms with Crippen LogP contribution in [0.15, 0.2) is 176 Å². The van der Waals surface area contributed by atoms with Crippen molar-refractivity contribution in [3.8, 4) is 0 Å². The first-order valence-corrected chi connectivity index (χ1v) is 18.1. The molecule has 0 unspecified atom stereocenters. The van der Waals surface area contributed by atoms with E-state index in [0.717, 1.165) is 5.69 Å². The quantitative estimate of drug-likeness (QED) is 0.164. The van der Waals surface area contributed by atoms with Crippen LogP contribution < -0.4 is 26.2 Å². The smallest absolute Gasteiger partial charge is 0.252 e. The summed E-state index contributed by atoms with van der Waals surface area (Å²) in [5.74, 6) is 0. The first-order valence-electron chi connectivity index (χ1n) is 18.1. The van der Waals surface area contributed by atoms with E-state index in [1.807, 2.05) is 0 Å². The van der Waals surface area contributed by atoms with Gasteiger partial charge in [-0.15, -0.1) is 0 Å². The third-order valence-electron chi connectivity index (χ3n) is 11.5. The molecule has 0 amide bonds. The Balaban J connectivity index is 1.24. The van der Waals surface area contributed by atoms with Gasteiger partial charge in [-0.3, -0.25) is 0 Å². The average molecular weight is 657 g/mol. The van der Waals surface area contributed by atoms with Gasteiger partial charge in [0.1, 0.15) is 0 Å². The van der Waals surface area contributed by atoms with Gasteiger partial charge in [-0.1, -0.05) is 161 Å². The lowest BCUT2D eigenvalue weighted by Gasteiger charge is -2.45. The normalized spacial score (nSPS) is 13.4. The van der Waals surface area contributed by atoms with Crippen molar-refractivity contribution in [2.75, 3.05) is 9.80 Å². The summed E-state index contributed by atoms with van der Waals surface area (Å²) in [5, 5.41) is 0. The predicted molar refractivity (Wildman–Crippen MR) is 218 cm³/mol. The first kappa shape index (κ1) is 31.2. The zero-order valence-electron chi connectivity index (χ0n) is 29.7. The molecule has 51 heavy (non-hydrogen) atoms. The molecule has 7 aromatic carbocycles. The van der Waals surface area contributed by atoms with Crippen LogP contribution in [0.4, 0.5) is 34.1 Å². The van der Waals surface area contributed by atoms with Crippen LogP contribution >= 0.6 is 0 Å². The fourth-order valence-corrected chi connectivity index (χ4v) is 8.63. The van der Waals surface area contributed by atoms with Gasteiger partial charge in [-0.25, -0.2) is 0 Å². The molecule has 2 aliphatic rings. The van der Waals surface area contributed by atoms with Gasteiger partial charge in [-0.2, -0.15) is 0 Å². The Morgan fingerprint density at radius 2 is 0.784 bits per heavy atom. The molecule has 0 N–H and O–H groups in total. The van der Waals surface area contributed by atoms with Gasteiger partial charge in [0.15, 0.2) is 0 Å². The van der Waals surface area contributed by atoms with Gasteiger partial charge in [0, 0.05) is 39.3 Å². The standard InChI is InChI=1S/C48H41BN2/c1-47(2,34-18-7-5-8-19-34)36-30-32-37(33-31-36)50-42-26-15-12-23-39(42)49-40-24-13-16-27-43(40)51(45-29-17-28-44(50)46(45)49)41-25-14-11-22-38(41)48(3,4)35-20-9-6-10-21-35/h5-33H,1-4H3. The van der Waals surface area contributed by atoms with Crippen LogP contribution in [0.2, 0.25) is 0 Å². The van der Waals surface area contributed by atoms with Crippen molar-refractivity contribution in [3.05, 3.63) is 198 Å². The van der Waals surface area contributed by atoms with Gasteiger partial charge < -0.3 is 9.80 Å². The molecule has 2 nitrogen and oxygen atoms in total. The average Bonchev–Trinajstić information content (AvgIpc) is 3.18. The molecule has 7 aromatic rings. The highest BCUT2D eigenvalue weighted by Gasteiger charge is 2.43. The highest BCUT2D eigenvalue weighted by Crippen LogP contribution is 2.47. The van der Waals surface area contributed by atoms with Gasteiger partial charge in [0.05, 0.1) is 5.69 Å². The summed E-state index contributed by atoms with van der Waals surface area (Å²) >= 11 is 0. The van der Waals surface area contributed by atoms with Gasteiger partial charge in [-0.05, 0) is 81.1 Å². The van der Waals surface area contributed by atoms with Gasteiger partial charge >= 0.3 is 0 Å². The highest BCUT2D eigenvalue weighted by molar-refractivity contribution is 7.00. The Bertz CT molecular complexity index is 2380. The summed E-state index contributed by atoms with van der Waals surface area (Å²) in [6.07, 6.45) is 0. The number of para-hydroxylation sites is 3. The van der Waals surface area contributed by atoms with E-state index in [1.165, 1.54) is 67.1 Å². The van der Waals surface area contributed by atoms with E-state index >= 15 is 0 Å².